The third-order valence-electron chi connectivity index (χ3n) is 3.21. The van der Waals surface area contributed by atoms with E-state index in [1.54, 1.807) is 0 Å². The highest BCUT2D eigenvalue weighted by molar-refractivity contribution is 7.13. The topological polar surface area (TPSA) is 64.2 Å². The fourth-order valence-corrected chi connectivity index (χ4v) is 2.73. The van der Waals surface area contributed by atoms with Gasteiger partial charge in [-0.05, 0) is 26.0 Å². The summed E-state index contributed by atoms with van der Waals surface area (Å²) in [4.78, 5) is 13.3. The molecule has 0 spiro atoms. The molecule has 5 heteroatoms. The molecule has 0 aliphatic heterocycles. The average molecular weight is 308 g/mol. The highest BCUT2D eigenvalue weighted by atomic mass is 32.1. The first-order valence-electron chi connectivity index (χ1n) is 6.92. The summed E-state index contributed by atoms with van der Waals surface area (Å²) < 4.78 is 0. The maximum atomic E-state index is 6.02. The normalized spacial score (nSPS) is 11.6. The van der Waals surface area contributed by atoms with E-state index in [1.165, 1.54) is 16.9 Å². The molecule has 3 aromatic rings. The highest BCUT2D eigenvalue weighted by Gasteiger charge is 2.06. The smallest absolute Gasteiger partial charge is 0.211 e. The van der Waals surface area contributed by atoms with Crippen LogP contribution >= 0.6 is 11.3 Å². The number of thiazole rings is 1. The van der Waals surface area contributed by atoms with Gasteiger partial charge in [0.2, 0.25) is 5.13 Å². The van der Waals surface area contributed by atoms with Gasteiger partial charge in [0.05, 0.1) is 5.69 Å². The molecule has 1 aromatic carbocycles. The van der Waals surface area contributed by atoms with E-state index in [0.717, 1.165) is 17.0 Å². The van der Waals surface area contributed by atoms with Gasteiger partial charge in [0.25, 0.3) is 0 Å². The van der Waals surface area contributed by atoms with E-state index in [-0.39, 0.29) is 0 Å². The minimum Gasteiger partial charge on any atom is -0.382 e. The lowest BCUT2D eigenvalue weighted by Crippen LogP contribution is -2.14. The average Bonchev–Trinajstić information content (AvgIpc) is 2.96. The van der Waals surface area contributed by atoms with Gasteiger partial charge in [-0.15, -0.1) is 11.3 Å². The first kappa shape index (κ1) is 14.4. The van der Waals surface area contributed by atoms with Gasteiger partial charge in [0.15, 0.2) is 5.84 Å². The minimum atomic E-state index is 0.383. The number of aliphatic imine (C=N–C) groups is 1. The Bertz CT molecular complexity index is 819. The van der Waals surface area contributed by atoms with Gasteiger partial charge in [-0.2, -0.15) is 4.99 Å². The molecule has 0 amide bonds. The van der Waals surface area contributed by atoms with E-state index in [0.29, 0.717) is 16.7 Å². The number of rotatable bonds is 3. The van der Waals surface area contributed by atoms with Crippen LogP contribution in [0, 0.1) is 13.8 Å². The molecular weight excluding hydrogens is 292 g/mol. The molecule has 0 aliphatic rings. The number of nitrogens with two attached hydrogens (primary N) is 1. The van der Waals surface area contributed by atoms with Crippen LogP contribution in [0.5, 0.6) is 0 Å². The van der Waals surface area contributed by atoms with Crippen molar-refractivity contribution in [1.82, 2.24) is 9.97 Å². The first-order valence-corrected chi connectivity index (χ1v) is 7.80. The quantitative estimate of drug-likeness (QED) is 0.590. The van der Waals surface area contributed by atoms with Crippen molar-refractivity contribution >= 4 is 22.3 Å². The first-order chi connectivity index (χ1) is 10.6. The van der Waals surface area contributed by atoms with Crippen LogP contribution in [-0.4, -0.2) is 15.8 Å². The Labute approximate surface area is 133 Å². The van der Waals surface area contributed by atoms with Gasteiger partial charge in [-0.1, -0.05) is 35.9 Å². The Morgan fingerprint density at radius 1 is 1.05 bits per heavy atom. The molecular formula is C17H16N4S. The summed E-state index contributed by atoms with van der Waals surface area (Å²) >= 11 is 1.47. The van der Waals surface area contributed by atoms with Gasteiger partial charge < -0.3 is 5.73 Å². The van der Waals surface area contributed by atoms with Gasteiger partial charge in [0, 0.05) is 16.6 Å². The lowest BCUT2D eigenvalue weighted by atomic mass is 10.1. The number of benzene rings is 1. The summed E-state index contributed by atoms with van der Waals surface area (Å²) in [5.41, 5.74) is 10.8. The van der Waals surface area contributed by atoms with Gasteiger partial charge >= 0.3 is 0 Å². The molecule has 22 heavy (non-hydrogen) atoms. The van der Waals surface area contributed by atoms with Crippen LogP contribution in [0.15, 0.2) is 52.8 Å². The third kappa shape index (κ3) is 3.20. The van der Waals surface area contributed by atoms with Crippen LogP contribution in [-0.2, 0) is 0 Å². The number of hydrogen-bond acceptors (Lipinski definition) is 4. The lowest BCUT2D eigenvalue weighted by Gasteiger charge is -1.99. The molecule has 4 nitrogen and oxygen atoms in total. The molecule has 2 heterocycles. The number of aromatic nitrogens is 2. The predicted molar refractivity (Wildman–Crippen MR) is 91.6 cm³/mol. The van der Waals surface area contributed by atoms with Crippen LogP contribution in [0.25, 0.3) is 11.3 Å². The second-order valence-electron chi connectivity index (χ2n) is 5.04. The zero-order chi connectivity index (χ0) is 15.5. The maximum Gasteiger partial charge on any atom is 0.211 e. The summed E-state index contributed by atoms with van der Waals surface area (Å²) in [6.07, 6.45) is 0. The SMILES string of the molecule is Cc1ccc(-c2csc(/N=C(\N)c3cccc(C)n3)n2)cc1. The molecule has 0 unspecified atom stereocenters. The van der Waals surface area contributed by atoms with Crippen molar-refractivity contribution in [2.24, 2.45) is 10.7 Å². The van der Waals surface area contributed by atoms with Crippen molar-refractivity contribution < 1.29 is 0 Å². The Morgan fingerprint density at radius 3 is 2.55 bits per heavy atom. The minimum absolute atomic E-state index is 0.383. The number of hydrogen-bond donors (Lipinski definition) is 1. The molecule has 2 aromatic heterocycles. The Hall–Kier alpha value is -2.53. The fourth-order valence-electron chi connectivity index (χ4n) is 2.02. The Balaban J connectivity index is 1.87. The molecule has 0 atom stereocenters. The van der Waals surface area contributed by atoms with Crippen molar-refractivity contribution in [3.8, 4) is 11.3 Å². The van der Waals surface area contributed by atoms with E-state index < -0.39 is 0 Å². The predicted octanol–water partition coefficient (Wildman–Crippen LogP) is 3.86. The van der Waals surface area contributed by atoms with Crippen molar-refractivity contribution in [3.63, 3.8) is 0 Å². The van der Waals surface area contributed by atoms with Crippen LogP contribution in [0.4, 0.5) is 5.13 Å². The molecule has 0 fully saturated rings. The monoisotopic (exact) mass is 308 g/mol. The number of amidine groups is 1. The van der Waals surface area contributed by atoms with Gasteiger partial charge in [-0.25, -0.2) is 9.97 Å². The lowest BCUT2D eigenvalue weighted by molar-refractivity contribution is 1.17. The molecule has 0 aliphatic carbocycles. The second kappa shape index (κ2) is 6.07. The van der Waals surface area contributed by atoms with Crippen LogP contribution in [0.3, 0.4) is 0 Å². The van der Waals surface area contributed by atoms with E-state index in [1.807, 2.05) is 30.5 Å². The van der Waals surface area contributed by atoms with E-state index >= 15 is 0 Å². The summed E-state index contributed by atoms with van der Waals surface area (Å²) in [7, 11) is 0. The second-order valence-corrected chi connectivity index (χ2v) is 5.88. The zero-order valence-electron chi connectivity index (χ0n) is 12.4. The Morgan fingerprint density at radius 2 is 1.82 bits per heavy atom. The van der Waals surface area contributed by atoms with Crippen LogP contribution in [0.2, 0.25) is 0 Å². The number of nitrogens with zero attached hydrogens (tertiary/aromatic N) is 3. The summed E-state index contributed by atoms with van der Waals surface area (Å²) in [6, 6.07) is 14.0. The van der Waals surface area contributed by atoms with Gasteiger partial charge in [-0.3, -0.25) is 0 Å². The summed E-state index contributed by atoms with van der Waals surface area (Å²) in [6.45, 7) is 3.99. The highest BCUT2D eigenvalue weighted by Crippen LogP contribution is 2.27. The van der Waals surface area contributed by atoms with E-state index in [9.17, 15) is 0 Å². The Kier molecular flexibility index (Phi) is 3.98. The molecule has 2 N–H and O–H groups in total. The fraction of sp³-hybridized carbons (Fsp3) is 0.118. The van der Waals surface area contributed by atoms with Gasteiger partial charge in [0.1, 0.15) is 5.69 Å². The molecule has 110 valence electrons. The number of aryl methyl sites for hydroxylation is 2. The van der Waals surface area contributed by atoms with Crippen LogP contribution in [0.1, 0.15) is 17.0 Å². The van der Waals surface area contributed by atoms with Crippen molar-refractivity contribution in [2.75, 3.05) is 0 Å². The van der Waals surface area contributed by atoms with E-state index in [4.69, 9.17) is 5.73 Å². The van der Waals surface area contributed by atoms with Crippen molar-refractivity contribution in [3.05, 3.63) is 64.8 Å². The molecule has 0 saturated carbocycles. The molecule has 3 rings (SSSR count). The standard InChI is InChI=1S/C17H16N4S/c1-11-6-8-13(9-7-11)15-10-22-17(20-15)21-16(18)14-5-3-4-12(2)19-14/h3-10H,1-2H3,(H2,18,20,21). The molecule has 0 bridgehead atoms. The third-order valence-corrected chi connectivity index (χ3v) is 3.94. The largest absolute Gasteiger partial charge is 0.382 e. The maximum absolute atomic E-state index is 6.02. The molecule has 0 radical (unpaired) electrons. The molecule has 0 saturated heterocycles. The summed E-state index contributed by atoms with van der Waals surface area (Å²) in [5, 5.41) is 2.62. The summed E-state index contributed by atoms with van der Waals surface area (Å²) in [5.74, 6) is 0.383. The number of pyridine rings is 1. The zero-order valence-corrected chi connectivity index (χ0v) is 13.3. The van der Waals surface area contributed by atoms with E-state index in [2.05, 4.69) is 46.1 Å². The van der Waals surface area contributed by atoms with Crippen LogP contribution < -0.4 is 5.73 Å². The van der Waals surface area contributed by atoms with Crippen molar-refractivity contribution in [1.29, 1.82) is 0 Å². The van der Waals surface area contributed by atoms with Crippen molar-refractivity contribution in [2.45, 2.75) is 13.8 Å².